The van der Waals surface area contributed by atoms with Crippen molar-refractivity contribution >= 4 is 33.6 Å². The molecule has 1 atom stereocenters. The van der Waals surface area contributed by atoms with Gasteiger partial charge in [-0.15, -0.1) is 0 Å². The first kappa shape index (κ1) is 24.5. The molecule has 9 heteroatoms. The van der Waals surface area contributed by atoms with Gasteiger partial charge in [0.05, 0.1) is 40.3 Å². The van der Waals surface area contributed by atoms with E-state index in [1.54, 1.807) is 36.4 Å². The number of nitrogens with one attached hydrogen (secondary N) is 3. The molecule has 3 saturated heterocycles. The maximum absolute atomic E-state index is 16.6. The lowest BCUT2D eigenvalue weighted by Crippen LogP contribution is -2.53. The molecule has 2 aromatic heterocycles. The molecule has 8 rings (SSSR count). The molecular formula is C31H28FN5O3. The van der Waals surface area contributed by atoms with Crippen molar-refractivity contribution < 1.29 is 13.9 Å². The molecular weight excluding hydrogens is 509 g/mol. The molecule has 0 unspecified atom stereocenters. The molecule has 40 heavy (non-hydrogen) atoms. The minimum atomic E-state index is -0.458. The molecule has 2 bridgehead atoms. The number of ether oxygens (including phenoxy) is 1. The van der Waals surface area contributed by atoms with Gasteiger partial charge in [0.2, 0.25) is 0 Å². The third kappa shape index (κ3) is 4.05. The smallest absolute Gasteiger partial charge is 0.337 e. The second-order valence-corrected chi connectivity index (χ2v) is 10.6. The van der Waals surface area contributed by atoms with Gasteiger partial charge in [0, 0.05) is 18.2 Å². The number of hydrogen-bond donors (Lipinski definition) is 3. The fourth-order valence-electron chi connectivity index (χ4n) is 6.23. The normalized spacial score (nSPS) is 20.2. The summed E-state index contributed by atoms with van der Waals surface area (Å²) in [6.07, 6.45) is 2.14. The summed E-state index contributed by atoms with van der Waals surface area (Å²) < 4.78 is 21.4. The van der Waals surface area contributed by atoms with Crippen LogP contribution in [-0.4, -0.2) is 58.6 Å². The number of methoxy groups -OCH3 is 1. The fraction of sp³-hybridized carbons (Fsp3) is 0.258. The van der Waals surface area contributed by atoms with Crippen molar-refractivity contribution in [2.45, 2.75) is 18.9 Å². The minimum absolute atomic E-state index is 0.0815. The van der Waals surface area contributed by atoms with Gasteiger partial charge >= 0.3 is 5.97 Å². The Kier molecular flexibility index (Phi) is 5.89. The first-order valence-electron chi connectivity index (χ1n) is 13.5. The van der Waals surface area contributed by atoms with Crippen molar-refractivity contribution in [1.82, 2.24) is 19.9 Å². The van der Waals surface area contributed by atoms with Gasteiger partial charge in [-0.05, 0) is 73.8 Å². The van der Waals surface area contributed by atoms with Crippen molar-refractivity contribution in [2.75, 3.05) is 32.1 Å². The van der Waals surface area contributed by atoms with Crippen LogP contribution in [0.5, 0.6) is 0 Å². The van der Waals surface area contributed by atoms with E-state index in [0.717, 1.165) is 43.5 Å². The molecule has 0 amide bonds. The number of anilines is 1. The molecule has 5 heterocycles. The second-order valence-electron chi connectivity index (χ2n) is 10.6. The molecule has 3 N–H and O–H groups in total. The van der Waals surface area contributed by atoms with E-state index in [1.165, 1.54) is 7.11 Å². The Morgan fingerprint density at radius 2 is 1.80 bits per heavy atom. The second kappa shape index (κ2) is 9.60. The Labute approximate surface area is 229 Å². The van der Waals surface area contributed by atoms with Crippen LogP contribution in [0.2, 0.25) is 0 Å². The number of carbonyl (C=O) groups excluding carboxylic acids is 1. The summed E-state index contributed by atoms with van der Waals surface area (Å²) >= 11 is 0. The zero-order valence-electron chi connectivity index (χ0n) is 22.0. The molecule has 3 aliphatic rings. The number of para-hydroxylation sites is 2. The van der Waals surface area contributed by atoms with Gasteiger partial charge < -0.3 is 24.9 Å². The first-order valence-corrected chi connectivity index (χ1v) is 13.5. The number of nitrogens with zero attached hydrogens (tertiary/aromatic N) is 2. The van der Waals surface area contributed by atoms with Crippen LogP contribution in [0, 0.1) is 11.7 Å². The van der Waals surface area contributed by atoms with Crippen molar-refractivity contribution in [3.63, 3.8) is 0 Å². The standard InChI is InChI=1S/C31H28FN5O3/c1-40-31(39)19-8-6-17(7-9-19)20-10-11-23-25(27(20)32)28(33-24-16-37-14-12-18(24)13-15-37)26(30(38)36-23)29-34-21-4-2-3-5-22(21)35-29/h2-11,18,24H,12-16H2,1H3,(H,34,35)(H2,33,36,38)/t24-/m0/s1. The van der Waals surface area contributed by atoms with Crippen LogP contribution in [0.1, 0.15) is 23.2 Å². The number of aromatic amines is 2. The topological polar surface area (TPSA) is 103 Å². The Hall–Kier alpha value is -4.50. The monoisotopic (exact) mass is 537 g/mol. The lowest BCUT2D eigenvalue weighted by molar-refractivity contribution is 0.0600. The lowest BCUT2D eigenvalue weighted by Gasteiger charge is -2.45. The molecule has 0 radical (unpaired) electrons. The molecule has 3 aliphatic heterocycles. The number of carbonyl (C=O) groups is 1. The van der Waals surface area contributed by atoms with Crippen LogP contribution >= 0.6 is 0 Å². The predicted molar refractivity (Wildman–Crippen MR) is 153 cm³/mol. The van der Waals surface area contributed by atoms with Crippen molar-refractivity contribution in [3.8, 4) is 22.5 Å². The van der Waals surface area contributed by atoms with Crippen LogP contribution in [0.25, 0.3) is 44.5 Å². The number of hydrogen-bond acceptors (Lipinski definition) is 6. The maximum Gasteiger partial charge on any atom is 0.337 e. The third-order valence-electron chi connectivity index (χ3n) is 8.35. The first-order chi connectivity index (χ1) is 19.5. The summed E-state index contributed by atoms with van der Waals surface area (Å²) in [5.41, 5.74) is 3.68. The van der Waals surface area contributed by atoms with E-state index in [4.69, 9.17) is 9.72 Å². The minimum Gasteiger partial charge on any atom is -0.465 e. The quantitative estimate of drug-likeness (QED) is 0.267. The number of benzene rings is 3. The average molecular weight is 538 g/mol. The molecule has 0 aliphatic carbocycles. The van der Waals surface area contributed by atoms with E-state index in [0.29, 0.717) is 45.0 Å². The van der Waals surface area contributed by atoms with Crippen LogP contribution in [0.4, 0.5) is 10.1 Å². The highest BCUT2D eigenvalue weighted by Crippen LogP contribution is 2.39. The molecule has 3 aromatic carbocycles. The van der Waals surface area contributed by atoms with Gasteiger partial charge in [-0.3, -0.25) is 4.79 Å². The van der Waals surface area contributed by atoms with E-state index < -0.39 is 11.8 Å². The highest BCUT2D eigenvalue weighted by Gasteiger charge is 2.35. The van der Waals surface area contributed by atoms with E-state index in [9.17, 15) is 9.59 Å². The largest absolute Gasteiger partial charge is 0.465 e. The molecule has 202 valence electrons. The number of rotatable bonds is 5. The van der Waals surface area contributed by atoms with Gasteiger partial charge in [0.15, 0.2) is 0 Å². The SMILES string of the molecule is COC(=O)c1ccc(-c2ccc3[nH]c(=O)c(-c4nc5ccccc5[nH]4)c(N[C@H]4CN5CCC4CC5)c3c2F)cc1. The number of esters is 1. The van der Waals surface area contributed by atoms with Gasteiger partial charge in [-0.1, -0.05) is 24.3 Å². The fourth-order valence-corrected chi connectivity index (χ4v) is 6.23. The number of fused-ring (bicyclic) bond motifs is 5. The van der Waals surface area contributed by atoms with E-state index >= 15 is 4.39 Å². The Bertz CT molecular complexity index is 1790. The summed E-state index contributed by atoms with van der Waals surface area (Å²) in [7, 11) is 1.32. The van der Waals surface area contributed by atoms with E-state index in [-0.39, 0.29) is 17.2 Å². The Morgan fingerprint density at radius 1 is 1.02 bits per heavy atom. The van der Waals surface area contributed by atoms with Crippen LogP contribution in [-0.2, 0) is 4.74 Å². The summed E-state index contributed by atoms with van der Waals surface area (Å²) in [6.45, 7) is 2.97. The van der Waals surface area contributed by atoms with Gasteiger partial charge in [0.25, 0.3) is 5.56 Å². The molecule has 5 aromatic rings. The molecule has 8 nitrogen and oxygen atoms in total. The van der Waals surface area contributed by atoms with Gasteiger partial charge in [0.1, 0.15) is 17.2 Å². The van der Waals surface area contributed by atoms with Gasteiger partial charge in [-0.2, -0.15) is 0 Å². The number of piperidine rings is 3. The van der Waals surface area contributed by atoms with Crippen molar-refractivity contribution in [1.29, 1.82) is 0 Å². The van der Waals surface area contributed by atoms with Crippen LogP contribution in [0.3, 0.4) is 0 Å². The molecule has 3 fully saturated rings. The van der Waals surface area contributed by atoms with Gasteiger partial charge in [-0.25, -0.2) is 14.2 Å². The lowest BCUT2D eigenvalue weighted by atomic mass is 9.83. The number of H-pyrrole nitrogens is 2. The average Bonchev–Trinajstić information content (AvgIpc) is 3.41. The summed E-state index contributed by atoms with van der Waals surface area (Å²) in [6, 6.07) is 17.7. The number of imidazole rings is 1. The summed E-state index contributed by atoms with van der Waals surface area (Å²) in [5, 5.41) is 3.94. The Balaban J connectivity index is 1.43. The third-order valence-corrected chi connectivity index (χ3v) is 8.35. The highest BCUT2D eigenvalue weighted by atomic mass is 19.1. The zero-order chi connectivity index (χ0) is 27.4. The van der Waals surface area contributed by atoms with Crippen LogP contribution < -0.4 is 10.9 Å². The van der Waals surface area contributed by atoms with Crippen molar-refractivity contribution in [2.24, 2.45) is 5.92 Å². The zero-order valence-corrected chi connectivity index (χ0v) is 22.0. The maximum atomic E-state index is 16.6. The van der Waals surface area contributed by atoms with Crippen molar-refractivity contribution in [3.05, 3.63) is 82.4 Å². The predicted octanol–water partition coefficient (Wildman–Crippen LogP) is 5.17. The van der Waals surface area contributed by atoms with Crippen LogP contribution in [0.15, 0.2) is 65.5 Å². The number of halogens is 1. The summed E-state index contributed by atoms with van der Waals surface area (Å²) in [4.78, 5) is 38.8. The van der Waals surface area contributed by atoms with E-state index in [2.05, 4.69) is 20.2 Å². The highest BCUT2D eigenvalue weighted by molar-refractivity contribution is 6.02. The Morgan fingerprint density at radius 3 is 2.50 bits per heavy atom. The van der Waals surface area contributed by atoms with E-state index in [1.807, 2.05) is 24.3 Å². The summed E-state index contributed by atoms with van der Waals surface area (Å²) in [5.74, 6) is -0.0800. The number of aromatic nitrogens is 3. The molecule has 0 spiro atoms. The molecule has 0 saturated carbocycles. The number of pyridine rings is 1.